The molecule has 0 bridgehead atoms. The van der Waals surface area contributed by atoms with E-state index in [-0.39, 0.29) is 12.1 Å². The lowest BCUT2D eigenvalue weighted by Crippen LogP contribution is -2.24. The SMILES string of the molecule is Cc1csc(C2C[C@@H](N)c3cc(Br)ccc3O2)n1. The van der Waals surface area contributed by atoms with Gasteiger partial charge in [0.2, 0.25) is 0 Å². The van der Waals surface area contributed by atoms with E-state index in [0.717, 1.165) is 32.9 Å². The van der Waals surface area contributed by atoms with Crippen molar-refractivity contribution >= 4 is 27.3 Å². The second-order valence-corrected chi connectivity index (χ2v) is 6.26. The van der Waals surface area contributed by atoms with Gasteiger partial charge in [-0.05, 0) is 25.1 Å². The van der Waals surface area contributed by atoms with Gasteiger partial charge in [0.1, 0.15) is 10.8 Å². The van der Waals surface area contributed by atoms with Crippen LogP contribution in [0.4, 0.5) is 0 Å². The summed E-state index contributed by atoms with van der Waals surface area (Å²) in [7, 11) is 0. The van der Waals surface area contributed by atoms with Gasteiger partial charge in [-0.15, -0.1) is 11.3 Å². The van der Waals surface area contributed by atoms with Crippen molar-refractivity contribution in [2.45, 2.75) is 25.5 Å². The van der Waals surface area contributed by atoms with E-state index in [4.69, 9.17) is 10.5 Å². The fraction of sp³-hybridized carbons (Fsp3) is 0.308. The van der Waals surface area contributed by atoms with Crippen LogP contribution in [-0.4, -0.2) is 4.98 Å². The summed E-state index contributed by atoms with van der Waals surface area (Å²) in [5.74, 6) is 0.870. The van der Waals surface area contributed by atoms with Crippen LogP contribution < -0.4 is 10.5 Å². The summed E-state index contributed by atoms with van der Waals surface area (Å²) in [4.78, 5) is 4.49. The highest BCUT2D eigenvalue weighted by atomic mass is 79.9. The Kier molecular flexibility index (Phi) is 3.13. The van der Waals surface area contributed by atoms with Gasteiger partial charge in [0, 0.05) is 33.6 Å². The number of ether oxygens (including phenoxy) is 1. The second kappa shape index (κ2) is 4.64. The molecule has 0 spiro atoms. The van der Waals surface area contributed by atoms with Gasteiger partial charge >= 0.3 is 0 Å². The molecule has 18 heavy (non-hydrogen) atoms. The molecule has 5 heteroatoms. The highest BCUT2D eigenvalue weighted by Crippen LogP contribution is 2.41. The highest BCUT2D eigenvalue weighted by Gasteiger charge is 2.28. The van der Waals surface area contributed by atoms with Crippen molar-refractivity contribution < 1.29 is 4.74 Å². The van der Waals surface area contributed by atoms with Gasteiger partial charge < -0.3 is 10.5 Å². The maximum atomic E-state index is 6.23. The summed E-state index contributed by atoms with van der Waals surface area (Å²) < 4.78 is 7.04. The molecule has 1 aliphatic rings. The molecule has 2 atom stereocenters. The fourth-order valence-electron chi connectivity index (χ4n) is 2.15. The number of aryl methyl sites for hydroxylation is 1. The van der Waals surface area contributed by atoms with Crippen LogP contribution in [0, 0.1) is 6.92 Å². The molecule has 0 amide bonds. The van der Waals surface area contributed by atoms with E-state index in [0.29, 0.717) is 0 Å². The van der Waals surface area contributed by atoms with Crippen LogP contribution in [0.1, 0.15) is 34.8 Å². The topological polar surface area (TPSA) is 48.1 Å². The van der Waals surface area contributed by atoms with Crippen LogP contribution in [0.15, 0.2) is 28.1 Å². The lowest BCUT2D eigenvalue weighted by molar-refractivity contribution is 0.161. The molecule has 3 nitrogen and oxygen atoms in total. The minimum absolute atomic E-state index is 0.000422. The van der Waals surface area contributed by atoms with Gasteiger partial charge in [0.25, 0.3) is 0 Å². The monoisotopic (exact) mass is 324 g/mol. The molecule has 0 aliphatic carbocycles. The van der Waals surface area contributed by atoms with E-state index in [1.807, 2.05) is 30.5 Å². The van der Waals surface area contributed by atoms with Crippen molar-refractivity contribution in [1.29, 1.82) is 0 Å². The molecule has 0 fully saturated rings. The number of fused-ring (bicyclic) bond motifs is 1. The van der Waals surface area contributed by atoms with E-state index in [1.165, 1.54) is 0 Å². The molecular formula is C13H13BrN2OS. The zero-order valence-electron chi connectivity index (χ0n) is 9.89. The number of hydrogen-bond donors (Lipinski definition) is 1. The molecule has 94 valence electrons. The standard InChI is InChI=1S/C13H13BrN2OS/c1-7-6-18-13(16-7)12-5-10(15)9-4-8(14)2-3-11(9)17-12/h2-4,6,10,12H,5,15H2,1H3/t10-,12?/m1/s1. The minimum atomic E-state index is -0.0209. The molecule has 1 unspecified atom stereocenters. The first kappa shape index (κ1) is 12.1. The van der Waals surface area contributed by atoms with Crippen molar-refractivity contribution in [2.75, 3.05) is 0 Å². The van der Waals surface area contributed by atoms with E-state index in [9.17, 15) is 0 Å². The lowest BCUT2D eigenvalue weighted by Gasteiger charge is -2.29. The smallest absolute Gasteiger partial charge is 0.152 e. The molecule has 1 aliphatic heterocycles. The van der Waals surface area contributed by atoms with Gasteiger partial charge in [0.05, 0.1) is 0 Å². The van der Waals surface area contributed by atoms with Crippen LogP contribution in [-0.2, 0) is 0 Å². The van der Waals surface area contributed by atoms with Crippen molar-refractivity contribution in [3.63, 3.8) is 0 Å². The summed E-state index contributed by atoms with van der Waals surface area (Å²) in [6.07, 6.45) is 0.753. The molecule has 2 N–H and O–H groups in total. The molecule has 0 saturated carbocycles. The van der Waals surface area contributed by atoms with Gasteiger partial charge in [-0.2, -0.15) is 0 Å². The molecule has 1 aromatic carbocycles. The largest absolute Gasteiger partial charge is 0.483 e. The third-order valence-corrected chi connectivity index (χ3v) is 4.57. The number of thiazole rings is 1. The summed E-state index contributed by atoms with van der Waals surface area (Å²) >= 11 is 5.09. The summed E-state index contributed by atoms with van der Waals surface area (Å²) in [6.45, 7) is 1.99. The first-order chi connectivity index (χ1) is 8.63. The molecule has 0 saturated heterocycles. The number of nitrogens with two attached hydrogens (primary N) is 1. The number of halogens is 1. The molecule has 0 radical (unpaired) electrons. The Morgan fingerprint density at radius 2 is 2.33 bits per heavy atom. The van der Waals surface area contributed by atoms with Gasteiger partial charge in [-0.25, -0.2) is 4.98 Å². The van der Waals surface area contributed by atoms with Gasteiger partial charge in [0.15, 0.2) is 6.10 Å². The Hall–Kier alpha value is -0.910. The Labute approximate surface area is 118 Å². The van der Waals surface area contributed by atoms with Crippen LogP contribution in [0.5, 0.6) is 5.75 Å². The number of aromatic nitrogens is 1. The Bertz CT molecular complexity index is 584. The molecule has 3 rings (SSSR count). The third kappa shape index (κ3) is 2.18. The average molecular weight is 325 g/mol. The maximum absolute atomic E-state index is 6.23. The van der Waals surface area contributed by atoms with E-state index in [2.05, 4.69) is 20.9 Å². The van der Waals surface area contributed by atoms with Gasteiger partial charge in [-0.3, -0.25) is 0 Å². The molecule has 2 aromatic rings. The average Bonchev–Trinajstić information content (AvgIpc) is 2.77. The van der Waals surface area contributed by atoms with Gasteiger partial charge in [-0.1, -0.05) is 15.9 Å². The maximum Gasteiger partial charge on any atom is 0.152 e. The second-order valence-electron chi connectivity index (χ2n) is 4.46. The lowest BCUT2D eigenvalue weighted by atomic mass is 9.97. The summed E-state index contributed by atoms with van der Waals surface area (Å²) in [5.41, 5.74) is 8.33. The number of nitrogens with zero attached hydrogens (tertiary/aromatic N) is 1. The zero-order chi connectivity index (χ0) is 12.7. The summed E-state index contributed by atoms with van der Waals surface area (Å²) in [5, 5.41) is 3.05. The van der Waals surface area contributed by atoms with Crippen LogP contribution in [0.2, 0.25) is 0 Å². The van der Waals surface area contributed by atoms with Crippen molar-refractivity contribution in [3.8, 4) is 5.75 Å². The van der Waals surface area contributed by atoms with Crippen LogP contribution in [0.3, 0.4) is 0 Å². The normalized spacial score (nSPS) is 22.4. The van der Waals surface area contributed by atoms with Crippen molar-refractivity contribution in [3.05, 3.63) is 44.3 Å². The minimum Gasteiger partial charge on any atom is -0.483 e. The highest BCUT2D eigenvalue weighted by molar-refractivity contribution is 9.10. The van der Waals surface area contributed by atoms with E-state index < -0.39 is 0 Å². The first-order valence-corrected chi connectivity index (χ1v) is 7.44. The first-order valence-electron chi connectivity index (χ1n) is 5.77. The number of hydrogen-bond acceptors (Lipinski definition) is 4. The molecule has 2 heterocycles. The van der Waals surface area contributed by atoms with E-state index >= 15 is 0 Å². The predicted octanol–water partition coefficient (Wildman–Crippen LogP) is 3.74. The molecular weight excluding hydrogens is 312 g/mol. The molecule has 1 aromatic heterocycles. The van der Waals surface area contributed by atoms with Crippen LogP contribution >= 0.6 is 27.3 Å². The Morgan fingerprint density at radius 1 is 1.50 bits per heavy atom. The quantitative estimate of drug-likeness (QED) is 0.869. The Morgan fingerprint density at radius 3 is 3.06 bits per heavy atom. The Balaban J connectivity index is 1.94. The van der Waals surface area contributed by atoms with Crippen molar-refractivity contribution in [1.82, 2.24) is 4.98 Å². The number of rotatable bonds is 1. The van der Waals surface area contributed by atoms with Crippen molar-refractivity contribution in [2.24, 2.45) is 5.73 Å². The van der Waals surface area contributed by atoms with Crippen LogP contribution in [0.25, 0.3) is 0 Å². The summed E-state index contributed by atoms with van der Waals surface area (Å²) in [6, 6.07) is 5.97. The number of benzene rings is 1. The van der Waals surface area contributed by atoms with E-state index in [1.54, 1.807) is 11.3 Å². The third-order valence-electron chi connectivity index (χ3n) is 3.02. The fourth-order valence-corrected chi connectivity index (χ4v) is 3.36. The zero-order valence-corrected chi connectivity index (χ0v) is 12.3. The predicted molar refractivity (Wildman–Crippen MR) is 75.9 cm³/mol.